The van der Waals surface area contributed by atoms with Crippen molar-refractivity contribution in [3.05, 3.63) is 0 Å². The Kier molecular flexibility index (Phi) is 3.89. The van der Waals surface area contributed by atoms with Crippen molar-refractivity contribution in [3.63, 3.8) is 0 Å². The van der Waals surface area contributed by atoms with Gasteiger partial charge >= 0.3 is 5.97 Å². The second kappa shape index (κ2) is 4.75. The molecule has 1 aliphatic rings. The third kappa shape index (κ3) is 2.69. The van der Waals surface area contributed by atoms with E-state index in [0.29, 0.717) is 0 Å². The molecule has 4 heteroatoms. The van der Waals surface area contributed by atoms with Crippen molar-refractivity contribution in [3.8, 4) is 0 Å². The van der Waals surface area contributed by atoms with Gasteiger partial charge in [0.15, 0.2) is 0 Å². The molecule has 0 saturated carbocycles. The Balaban J connectivity index is 2.47. The Morgan fingerprint density at radius 1 is 1.50 bits per heavy atom. The zero-order valence-electron chi connectivity index (χ0n) is 9.32. The molecule has 0 aromatic carbocycles. The smallest absolute Gasteiger partial charge is 0.323 e. The van der Waals surface area contributed by atoms with Crippen LogP contribution in [0, 0.1) is 0 Å². The molecule has 1 heterocycles. The third-order valence-electron chi connectivity index (χ3n) is 2.45. The molecule has 1 aliphatic heterocycles. The van der Waals surface area contributed by atoms with Crippen LogP contribution in [0.1, 0.15) is 20.3 Å². The average Bonchev–Trinajstić information content (AvgIpc) is 2.44. The van der Waals surface area contributed by atoms with Crippen LogP contribution in [0.15, 0.2) is 0 Å². The SMILES string of the molecule is COC(=O)[C@@H]1C[C@H](OC(C)C)CN1C. The summed E-state index contributed by atoms with van der Waals surface area (Å²) < 4.78 is 10.4. The predicted octanol–water partition coefficient (Wildman–Crippen LogP) is 0.657. The van der Waals surface area contributed by atoms with Crippen LogP contribution < -0.4 is 0 Å². The Labute approximate surface area is 85.2 Å². The Morgan fingerprint density at radius 3 is 2.64 bits per heavy atom. The molecule has 0 aliphatic carbocycles. The lowest BCUT2D eigenvalue weighted by Gasteiger charge is -2.15. The first kappa shape index (κ1) is 11.5. The zero-order valence-corrected chi connectivity index (χ0v) is 9.32. The summed E-state index contributed by atoms with van der Waals surface area (Å²) in [6.07, 6.45) is 1.11. The summed E-state index contributed by atoms with van der Waals surface area (Å²) in [6.45, 7) is 4.81. The highest BCUT2D eigenvalue weighted by atomic mass is 16.5. The number of esters is 1. The molecule has 1 rings (SSSR count). The van der Waals surface area contributed by atoms with E-state index in [2.05, 4.69) is 0 Å². The monoisotopic (exact) mass is 201 g/mol. The number of rotatable bonds is 3. The van der Waals surface area contributed by atoms with Crippen molar-refractivity contribution in [2.45, 2.75) is 38.5 Å². The van der Waals surface area contributed by atoms with Crippen molar-refractivity contribution in [1.29, 1.82) is 0 Å². The van der Waals surface area contributed by atoms with Crippen LogP contribution in [-0.4, -0.2) is 49.8 Å². The standard InChI is InChI=1S/C10H19NO3/c1-7(2)14-8-5-9(10(12)13-4)11(3)6-8/h7-9H,5-6H2,1-4H3/t8-,9-/m0/s1. The molecule has 1 fully saturated rings. The maximum Gasteiger partial charge on any atom is 0.323 e. The van der Waals surface area contributed by atoms with Gasteiger partial charge in [0.2, 0.25) is 0 Å². The van der Waals surface area contributed by atoms with Gasteiger partial charge < -0.3 is 9.47 Å². The highest BCUT2D eigenvalue weighted by Gasteiger charge is 2.35. The van der Waals surface area contributed by atoms with E-state index in [9.17, 15) is 4.79 Å². The van der Waals surface area contributed by atoms with Gasteiger partial charge in [-0.1, -0.05) is 0 Å². The van der Waals surface area contributed by atoms with Gasteiger partial charge in [-0.25, -0.2) is 0 Å². The van der Waals surface area contributed by atoms with Crippen molar-refractivity contribution in [2.75, 3.05) is 20.7 Å². The molecule has 14 heavy (non-hydrogen) atoms. The molecule has 4 nitrogen and oxygen atoms in total. The van der Waals surface area contributed by atoms with Gasteiger partial charge in [0.1, 0.15) is 6.04 Å². The molecule has 0 N–H and O–H groups in total. The lowest BCUT2D eigenvalue weighted by Crippen LogP contribution is -2.33. The van der Waals surface area contributed by atoms with Gasteiger partial charge in [-0.15, -0.1) is 0 Å². The quantitative estimate of drug-likeness (QED) is 0.629. The summed E-state index contributed by atoms with van der Waals surface area (Å²) >= 11 is 0. The Bertz CT molecular complexity index is 206. The Morgan fingerprint density at radius 2 is 2.14 bits per heavy atom. The van der Waals surface area contributed by atoms with E-state index in [1.165, 1.54) is 7.11 Å². The maximum absolute atomic E-state index is 11.3. The first-order valence-corrected chi connectivity index (χ1v) is 4.98. The largest absolute Gasteiger partial charge is 0.468 e. The van der Waals surface area contributed by atoms with Crippen molar-refractivity contribution < 1.29 is 14.3 Å². The lowest BCUT2D eigenvalue weighted by atomic mass is 10.2. The molecule has 0 spiro atoms. The number of hydrogen-bond donors (Lipinski definition) is 0. The minimum atomic E-state index is -0.164. The number of carbonyl (C=O) groups excluding carboxylic acids is 1. The summed E-state index contributed by atoms with van der Waals surface area (Å²) in [6, 6.07) is -0.135. The normalized spacial score (nSPS) is 28.4. The summed E-state index contributed by atoms with van der Waals surface area (Å²) in [7, 11) is 3.35. The van der Waals surface area contributed by atoms with Crippen LogP contribution in [0.5, 0.6) is 0 Å². The molecule has 0 aromatic rings. The van der Waals surface area contributed by atoms with Crippen LogP contribution in [0.4, 0.5) is 0 Å². The van der Waals surface area contributed by atoms with Crippen LogP contribution in [0.2, 0.25) is 0 Å². The lowest BCUT2D eigenvalue weighted by molar-refractivity contribution is -0.145. The van der Waals surface area contributed by atoms with Gasteiger partial charge in [-0.2, -0.15) is 0 Å². The second-order valence-electron chi connectivity index (χ2n) is 4.02. The molecular formula is C10H19NO3. The fourth-order valence-corrected chi connectivity index (χ4v) is 1.85. The average molecular weight is 201 g/mol. The highest BCUT2D eigenvalue weighted by Crippen LogP contribution is 2.20. The van der Waals surface area contributed by atoms with E-state index in [-0.39, 0.29) is 24.2 Å². The van der Waals surface area contributed by atoms with E-state index in [1.54, 1.807) is 0 Å². The molecule has 2 atom stereocenters. The summed E-state index contributed by atoms with van der Waals surface area (Å²) in [5.41, 5.74) is 0. The highest BCUT2D eigenvalue weighted by molar-refractivity contribution is 5.76. The van der Waals surface area contributed by atoms with Gasteiger partial charge in [0.25, 0.3) is 0 Å². The summed E-state index contributed by atoms with van der Waals surface area (Å²) in [5, 5.41) is 0. The first-order chi connectivity index (χ1) is 6.54. The first-order valence-electron chi connectivity index (χ1n) is 4.98. The second-order valence-corrected chi connectivity index (χ2v) is 4.02. The fourth-order valence-electron chi connectivity index (χ4n) is 1.85. The van der Waals surface area contributed by atoms with Crippen molar-refractivity contribution in [2.24, 2.45) is 0 Å². The fraction of sp³-hybridized carbons (Fsp3) is 0.900. The summed E-state index contributed by atoms with van der Waals surface area (Å²) in [5.74, 6) is -0.164. The summed E-state index contributed by atoms with van der Waals surface area (Å²) in [4.78, 5) is 13.3. The number of likely N-dealkylation sites (tertiary alicyclic amines) is 1. The van der Waals surface area contributed by atoms with Crippen molar-refractivity contribution >= 4 is 5.97 Å². The van der Waals surface area contributed by atoms with Crippen molar-refractivity contribution in [1.82, 2.24) is 4.90 Å². The van der Waals surface area contributed by atoms with E-state index < -0.39 is 0 Å². The third-order valence-corrected chi connectivity index (χ3v) is 2.45. The van der Waals surface area contributed by atoms with Crippen LogP contribution in [0.25, 0.3) is 0 Å². The van der Waals surface area contributed by atoms with Crippen LogP contribution >= 0.6 is 0 Å². The van der Waals surface area contributed by atoms with E-state index in [0.717, 1.165) is 13.0 Å². The number of likely N-dealkylation sites (N-methyl/N-ethyl adjacent to an activating group) is 1. The number of ether oxygens (including phenoxy) is 2. The van der Waals surface area contributed by atoms with Gasteiger partial charge in [0, 0.05) is 13.0 Å². The Hall–Kier alpha value is -0.610. The predicted molar refractivity (Wildman–Crippen MR) is 53.1 cm³/mol. The molecule has 0 radical (unpaired) electrons. The molecule has 0 amide bonds. The van der Waals surface area contributed by atoms with E-state index in [4.69, 9.17) is 9.47 Å². The molecule has 1 saturated heterocycles. The van der Waals surface area contributed by atoms with E-state index >= 15 is 0 Å². The van der Waals surface area contributed by atoms with E-state index in [1.807, 2.05) is 25.8 Å². The van der Waals surface area contributed by atoms with Gasteiger partial charge in [-0.3, -0.25) is 9.69 Å². The number of hydrogen-bond acceptors (Lipinski definition) is 4. The number of nitrogens with zero attached hydrogens (tertiary/aromatic N) is 1. The van der Waals surface area contributed by atoms with Crippen LogP contribution in [0.3, 0.4) is 0 Å². The zero-order chi connectivity index (χ0) is 10.7. The minimum Gasteiger partial charge on any atom is -0.468 e. The molecular weight excluding hydrogens is 182 g/mol. The van der Waals surface area contributed by atoms with Gasteiger partial charge in [0.05, 0.1) is 19.3 Å². The van der Waals surface area contributed by atoms with Crippen LogP contribution in [-0.2, 0) is 14.3 Å². The minimum absolute atomic E-state index is 0.135. The molecule has 0 unspecified atom stereocenters. The topological polar surface area (TPSA) is 38.8 Å². The molecule has 0 aromatic heterocycles. The maximum atomic E-state index is 11.3. The number of carbonyl (C=O) groups is 1. The molecule has 82 valence electrons. The number of methoxy groups -OCH3 is 1. The van der Waals surface area contributed by atoms with Gasteiger partial charge in [-0.05, 0) is 20.9 Å². The molecule has 0 bridgehead atoms.